The van der Waals surface area contributed by atoms with E-state index in [4.69, 9.17) is 4.52 Å². The fraction of sp³-hybridized carbons (Fsp3) is 0.429. The minimum Gasteiger partial charge on any atom is -0.339 e. The maximum absolute atomic E-state index is 5.44. The lowest BCUT2D eigenvalue weighted by atomic mass is 10.0. The molecular formula is C14H16BrN3O. The molecular weight excluding hydrogens is 306 g/mol. The minimum atomic E-state index is 0.325. The summed E-state index contributed by atoms with van der Waals surface area (Å²) in [6, 6.07) is 6.53. The number of nitrogens with zero attached hydrogens (tertiary/aromatic N) is 2. The van der Waals surface area contributed by atoms with E-state index in [-0.39, 0.29) is 0 Å². The van der Waals surface area contributed by atoms with Gasteiger partial charge < -0.3 is 9.84 Å². The molecule has 0 bridgehead atoms. The van der Waals surface area contributed by atoms with Crippen molar-refractivity contribution in [2.45, 2.75) is 32.2 Å². The Bertz CT molecular complexity index is 596. The first-order valence-electron chi connectivity index (χ1n) is 6.48. The summed E-state index contributed by atoms with van der Waals surface area (Å²) < 4.78 is 6.43. The van der Waals surface area contributed by atoms with Gasteiger partial charge in [0, 0.05) is 16.1 Å². The first-order valence-corrected chi connectivity index (χ1v) is 7.28. The van der Waals surface area contributed by atoms with Gasteiger partial charge in [0.15, 0.2) is 0 Å². The van der Waals surface area contributed by atoms with E-state index in [1.807, 2.05) is 6.07 Å². The molecule has 0 amide bonds. The van der Waals surface area contributed by atoms with Crippen molar-refractivity contribution in [3.63, 3.8) is 0 Å². The molecule has 1 N–H and O–H groups in total. The highest BCUT2D eigenvalue weighted by atomic mass is 79.9. The fourth-order valence-electron chi connectivity index (χ4n) is 2.49. The molecule has 2 atom stereocenters. The molecule has 1 fully saturated rings. The number of hydrogen-bond donors (Lipinski definition) is 1. The molecule has 1 aromatic heterocycles. The zero-order chi connectivity index (χ0) is 13.4. The summed E-state index contributed by atoms with van der Waals surface area (Å²) in [4.78, 5) is 4.56. The van der Waals surface area contributed by atoms with E-state index in [1.54, 1.807) is 0 Å². The molecule has 1 saturated heterocycles. The van der Waals surface area contributed by atoms with Crippen molar-refractivity contribution in [1.82, 2.24) is 15.5 Å². The highest BCUT2D eigenvalue weighted by Gasteiger charge is 2.29. The van der Waals surface area contributed by atoms with Gasteiger partial charge in [-0.05, 0) is 44.5 Å². The van der Waals surface area contributed by atoms with Crippen molar-refractivity contribution in [1.29, 1.82) is 0 Å². The van der Waals surface area contributed by atoms with Gasteiger partial charge in [-0.25, -0.2) is 0 Å². The van der Waals surface area contributed by atoms with Gasteiger partial charge in [-0.15, -0.1) is 0 Å². The lowest BCUT2D eigenvalue weighted by Crippen LogP contribution is -2.21. The number of rotatable bonds is 2. The molecule has 1 aromatic carbocycles. The lowest BCUT2D eigenvalue weighted by Gasteiger charge is -2.08. The van der Waals surface area contributed by atoms with Crippen molar-refractivity contribution >= 4 is 15.9 Å². The fourth-order valence-corrected chi connectivity index (χ4v) is 3.16. The second-order valence-corrected chi connectivity index (χ2v) is 5.93. The third-order valence-electron chi connectivity index (χ3n) is 3.65. The van der Waals surface area contributed by atoms with Crippen LogP contribution in [-0.4, -0.2) is 22.7 Å². The van der Waals surface area contributed by atoms with Crippen LogP contribution in [0.15, 0.2) is 27.2 Å². The number of benzene rings is 1. The summed E-state index contributed by atoms with van der Waals surface area (Å²) in [5.74, 6) is 1.71. The minimum absolute atomic E-state index is 0.325. The summed E-state index contributed by atoms with van der Waals surface area (Å²) in [6.45, 7) is 5.23. The van der Waals surface area contributed by atoms with Gasteiger partial charge in [0.05, 0.1) is 5.92 Å². The Morgan fingerprint density at radius 2 is 2.26 bits per heavy atom. The Morgan fingerprint density at radius 3 is 2.95 bits per heavy atom. The summed E-state index contributed by atoms with van der Waals surface area (Å²) >= 11 is 3.55. The van der Waals surface area contributed by atoms with Gasteiger partial charge in [-0.2, -0.15) is 4.98 Å². The Morgan fingerprint density at radius 1 is 1.42 bits per heavy atom. The van der Waals surface area contributed by atoms with Crippen LogP contribution in [0.1, 0.15) is 30.7 Å². The first-order chi connectivity index (χ1) is 9.15. The average molecular weight is 322 g/mol. The van der Waals surface area contributed by atoms with E-state index < -0.39 is 0 Å². The van der Waals surface area contributed by atoms with Crippen molar-refractivity contribution in [3.8, 4) is 11.4 Å². The molecule has 0 spiro atoms. The van der Waals surface area contributed by atoms with Gasteiger partial charge in [-0.1, -0.05) is 27.2 Å². The zero-order valence-electron chi connectivity index (χ0n) is 11.0. The molecule has 1 aliphatic heterocycles. The number of hydrogen-bond acceptors (Lipinski definition) is 4. The second kappa shape index (κ2) is 5.06. The van der Waals surface area contributed by atoms with Crippen LogP contribution in [0, 0.1) is 6.92 Å². The summed E-state index contributed by atoms with van der Waals surface area (Å²) in [6.07, 6.45) is 1.05. The SMILES string of the molecule is Cc1ccc(-c2noc(C3CCNC3C)n2)c(Br)c1. The van der Waals surface area contributed by atoms with Crippen LogP contribution in [0.5, 0.6) is 0 Å². The van der Waals surface area contributed by atoms with Crippen molar-refractivity contribution < 1.29 is 4.52 Å². The van der Waals surface area contributed by atoms with E-state index in [0.717, 1.165) is 28.9 Å². The molecule has 1 aliphatic rings. The standard InChI is InChI=1S/C14H16BrN3O/c1-8-3-4-11(12(15)7-8)13-17-14(19-18-13)10-5-6-16-9(10)2/h3-4,7,9-10,16H,5-6H2,1-2H3. The van der Waals surface area contributed by atoms with Gasteiger partial charge >= 0.3 is 0 Å². The lowest BCUT2D eigenvalue weighted by molar-refractivity contribution is 0.345. The summed E-state index contributed by atoms with van der Waals surface area (Å²) in [5, 5.41) is 7.51. The van der Waals surface area contributed by atoms with E-state index in [1.165, 1.54) is 5.56 Å². The Balaban J connectivity index is 1.92. The third kappa shape index (κ3) is 2.44. The number of halogens is 1. The highest BCUT2D eigenvalue weighted by Crippen LogP contribution is 2.31. The number of nitrogens with one attached hydrogen (secondary N) is 1. The van der Waals surface area contributed by atoms with E-state index in [2.05, 4.69) is 57.4 Å². The van der Waals surface area contributed by atoms with Crippen LogP contribution >= 0.6 is 15.9 Å². The van der Waals surface area contributed by atoms with Gasteiger partial charge in [0.25, 0.3) is 0 Å². The number of aryl methyl sites for hydroxylation is 1. The van der Waals surface area contributed by atoms with E-state index in [9.17, 15) is 0 Å². The van der Waals surface area contributed by atoms with Crippen LogP contribution < -0.4 is 5.32 Å². The molecule has 0 saturated carbocycles. The van der Waals surface area contributed by atoms with Crippen LogP contribution in [0.4, 0.5) is 0 Å². The molecule has 2 heterocycles. The molecule has 3 rings (SSSR count). The molecule has 0 aliphatic carbocycles. The predicted octanol–water partition coefficient (Wildman–Crippen LogP) is 3.27. The van der Waals surface area contributed by atoms with Crippen LogP contribution in [0.25, 0.3) is 11.4 Å². The summed E-state index contributed by atoms with van der Waals surface area (Å²) in [7, 11) is 0. The first kappa shape index (κ1) is 12.8. The number of aromatic nitrogens is 2. The molecule has 4 nitrogen and oxygen atoms in total. The van der Waals surface area contributed by atoms with Crippen LogP contribution in [0.2, 0.25) is 0 Å². The van der Waals surface area contributed by atoms with Gasteiger partial charge in [0.1, 0.15) is 0 Å². The van der Waals surface area contributed by atoms with Crippen molar-refractivity contribution in [2.24, 2.45) is 0 Å². The third-order valence-corrected chi connectivity index (χ3v) is 4.31. The monoisotopic (exact) mass is 321 g/mol. The van der Waals surface area contributed by atoms with Crippen molar-refractivity contribution in [3.05, 3.63) is 34.1 Å². The zero-order valence-corrected chi connectivity index (χ0v) is 12.6. The molecule has 0 radical (unpaired) electrons. The molecule has 2 aromatic rings. The van der Waals surface area contributed by atoms with Gasteiger partial charge in [0.2, 0.25) is 11.7 Å². The average Bonchev–Trinajstić information content (AvgIpc) is 2.97. The molecule has 100 valence electrons. The molecule has 5 heteroatoms. The Hall–Kier alpha value is -1.20. The normalized spacial score (nSPS) is 22.9. The molecule has 19 heavy (non-hydrogen) atoms. The van der Waals surface area contributed by atoms with Crippen molar-refractivity contribution in [2.75, 3.05) is 6.54 Å². The highest BCUT2D eigenvalue weighted by molar-refractivity contribution is 9.10. The Labute approximate surface area is 120 Å². The maximum atomic E-state index is 5.44. The quantitative estimate of drug-likeness (QED) is 0.922. The predicted molar refractivity (Wildman–Crippen MR) is 77.0 cm³/mol. The van der Waals surface area contributed by atoms with E-state index in [0.29, 0.717) is 17.8 Å². The van der Waals surface area contributed by atoms with Crippen LogP contribution in [-0.2, 0) is 0 Å². The summed E-state index contributed by atoms with van der Waals surface area (Å²) in [5.41, 5.74) is 2.17. The molecule has 2 unspecified atom stereocenters. The second-order valence-electron chi connectivity index (χ2n) is 5.08. The van der Waals surface area contributed by atoms with E-state index >= 15 is 0 Å². The maximum Gasteiger partial charge on any atom is 0.231 e. The largest absolute Gasteiger partial charge is 0.339 e. The smallest absolute Gasteiger partial charge is 0.231 e. The van der Waals surface area contributed by atoms with Crippen LogP contribution in [0.3, 0.4) is 0 Å². The Kier molecular flexibility index (Phi) is 3.41. The van der Waals surface area contributed by atoms with Gasteiger partial charge in [-0.3, -0.25) is 0 Å². The topological polar surface area (TPSA) is 51.0 Å².